The van der Waals surface area contributed by atoms with Crippen molar-refractivity contribution in [3.63, 3.8) is 0 Å². The van der Waals surface area contributed by atoms with E-state index in [9.17, 15) is 14.4 Å². The topological polar surface area (TPSA) is 93.7 Å². The van der Waals surface area contributed by atoms with Crippen LogP contribution in [0.3, 0.4) is 0 Å². The van der Waals surface area contributed by atoms with Gasteiger partial charge in [0.15, 0.2) is 0 Å². The summed E-state index contributed by atoms with van der Waals surface area (Å²) in [6, 6.07) is 4.74. The molecule has 0 saturated heterocycles. The van der Waals surface area contributed by atoms with Gasteiger partial charge < -0.3 is 24.9 Å². The molecule has 1 aromatic rings. The number of hydrogen-bond acceptors (Lipinski definition) is 5. The summed E-state index contributed by atoms with van der Waals surface area (Å²) in [6.07, 6.45) is 0.364. The van der Waals surface area contributed by atoms with Gasteiger partial charge in [0, 0.05) is 6.42 Å². The van der Waals surface area contributed by atoms with Crippen LogP contribution in [0.5, 0.6) is 5.75 Å². The summed E-state index contributed by atoms with van der Waals surface area (Å²) in [6.45, 7) is 11.2. The lowest BCUT2D eigenvalue weighted by molar-refractivity contribution is -0.124. The van der Waals surface area contributed by atoms with Gasteiger partial charge in [0.2, 0.25) is 5.91 Å². The molecule has 28 heavy (non-hydrogen) atoms. The first kappa shape index (κ1) is 23.5. The summed E-state index contributed by atoms with van der Waals surface area (Å²) >= 11 is 0. The van der Waals surface area contributed by atoms with Crippen molar-refractivity contribution in [3.8, 4) is 5.75 Å². The summed E-state index contributed by atoms with van der Waals surface area (Å²) in [4.78, 5) is 35.2. The van der Waals surface area contributed by atoms with Crippen LogP contribution < -0.4 is 15.4 Å². The van der Waals surface area contributed by atoms with Gasteiger partial charge in [-0.1, -0.05) is 18.2 Å². The maximum absolute atomic E-state index is 12.6. The number of hydrogen-bond donors (Lipinski definition) is 2. The fourth-order valence-corrected chi connectivity index (χ4v) is 2.57. The van der Waals surface area contributed by atoms with Crippen molar-refractivity contribution < 1.29 is 23.9 Å². The first-order valence-electron chi connectivity index (χ1n) is 9.46. The van der Waals surface area contributed by atoms with Crippen LogP contribution in [0.25, 0.3) is 0 Å². The zero-order valence-electron chi connectivity index (χ0n) is 17.6. The first-order chi connectivity index (χ1) is 13.0. The molecule has 0 aliphatic carbocycles. The van der Waals surface area contributed by atoms with Crippen LogP contribution in [0.15, 0.2) is 18.2 Å². The largest absolute Gasteiger partial charge is 0.491 e. The van der Waals surface area contributed by atoms with E-state index < -0.39 is 17.7 Å². The van der Waals surface area contributed by atoms with E-state index in [1.54, 1.807) is 20.8 Å². The number of ether oxygens (including phenoxy) is 2. The number of nitrogens with one attached hydrogen (secondary N) is 2. The highest BCUT2D eigenvalue weighted by Crippen LogP contribution is 2.22. The summed E-state index contributed by atoms with van der Waals surface area (Å²) in [5.74, 6) is 0.415. The molecule has 7 nitrogen and oxygen atoms in total. The first-order valence-corrected chi connectivity index (χ1v) is 9.46. The molecule has 1 unspecified atom stereocenters. The highest BCUT2D eigenvalue weighted by molar-refractivity contribution is 5.86. The molecule has 1 aromatic carbocycles. The molecule has 1 rings (SSSR count). The molecular weight excluding hydrogens is 360 g/mol. The number of benzene rings is 1. The Morgan fingerprint density at radius 3 is 2.29 bits per heavy atom. The van der Waals surface area contributed by atoms with Crippen molar-refractivity contribution in [2.75, 3.05) is 6.61 Å². The van der Waals surface area contributed by atoms with Crippen molar-refractivity contribution in [2.24, 2.45) is 0 Å². The zero-order chi connectivity index (χ0) is 21.3. The summed E-state index contributed by atoms with van der Waals surface area (Å²) < 4.78 is 11.0. The van der Waals surface area contributed by atoms with Crippen LogP contribution in [0.2, 0.25) is 0 Å². The number of para-hydroxylation sites is 1. The molecule has 0 aromatic heterocycles. The summed E-state index contributed by atoms with van der Waals surface area (Å²) in [7, 11) is 0. The van der Waals surface area contributed by atoms with E-state index >= 15 is 0 Å². The minimum atomic E-state index is -0.859. The lowest BCUT2D eigenvalue weighted by Gasteiger charge is -2.24. The molecule has 0 saturated carbocycles. The van der Waals surface area contributed by atoms with Gasteiger partial charge in [-0.2, -0.15) is 0 Å². The molecule has 0 heterocycles. The molecule has 0 aliphatic heterocycles. The summed E-state index contributed by atoms with van der Waals surface area (Å²) in [5, 5.41) is 5.35. The molecule has 2 amide bonds. The van der Waals surface area contributed by atoms with Crippen LogP contribution in [-0.4, -0.2) is 42.6 Å². The third-order valence-electron chi connectivity index (χ3n) is 3.86. The monoisotopic (exact) mass is 392 g/mol. The van der Waals surface area contributed by atoms with Crippen molar-refractivity contribution >= 4 is 18.3 Å². The summed E-state index contributed by atoms with van der Waals surface area (Å²) in [5.41, 5.74) is 1.37. The van der Waals surface area contributed by atoms with Crippen molar-refractivity contribution in [3.05, 3.63) is 29.3 Å². The van der Waals surface area contributed by atoms with E-state index in [2.05, 4.69) is 10.6 Å². The Kier molecular flexibility index (Phi) is 8.96. The maximum atomic E-state index is 12.6. The zero-order valence-corrected chi connectivity index (χ0v) is 17.6. The van der Waals surface area contributed by atoms with Crippen molar-refractivity contribution in [1.82, 2.24) is 10.6 Å². The Morgan fingerprint density at radius 2 is 1.75 bits per heavy atom. The maximum Gasteiger partial charge on any atom is 0.408 e. The van der Waals surface area contributed by atoms with E-state index in [1.165, 1.54) is 0 Å². The second-order valence-electron chi connectivity index (χ2n) is 7.88. The molecular formula is C21H32N2O5. The van der Waals surface area contributed by atoms with Gasteiger partial charge in [-0.3, -0.25) is 4.79 Å². The van der Waals surface area contributed by atoms with E-state index in [-0.39, 0.29) is 31.4 Å². The Morgan fingerprint density at radius 1 is 1.14 bits per heavy atom. The molecule has 0 radical (unpaired) electrons. The van der Waals surface area contributed by atoms with E-state index in [0.717, 1.165) is 16.9 Å². The van der Waals surface area contributed by atoms with Gasteiger partial charge in [-0.25, -0.2) is 4.79 Å². The third-order valence-corrected chi connectivity index (χ3v) is 3.86. The Hall–Kier alpha value is -2.57. The number of alkyl carbamates (subject to hydrolysis) is 1. The van der Waals surface area contributed by atoms with Crippen LogP contribution in [0, 0.1) is 13.8 Å². The van der Waals surface area contributed by atoms with E-state index in [4.69, 9.17) is 9.47 Å². The molecule has 156 valence electrons. The second kappa shape index (κ2) is 10.7. The van der Waals surface area contributed by atoms with Gasteiger partial charge in [-0.05, 0) is 59.1 Å². The minimum absolute atomic E-state index is 0.154. The Labute approximate surface area is 167 Å². The third kappa shape index (κ3) is 8.41. The molecule has 2 N–H and O–H groups in total. The normalized spacial score (nSPS) is 13.2. The van der Waals surface area contributed by atoms with Crippen molar-refractivity contribution in [1.29, 1.82) is 0 Å². The molecule has 0 bridgehead atoms. The van der Waals surface area contributed by atoms with Crippen LogP contribution in [-0.2, 0) is 14.3 Å². The number of carbonyl (C=O) groups is 3. The van der Waals surface area contributed by atoms with Crippen LogP contribution in [0.1, 0.15) is 51.7 Å². The number of rotatable bonds is 9. The van der Waals surface area contributed by atoms with Gasteiger partial charge in [0.1, 0.15) is 30.3 Å². The van der Waals surface area contributed by atoms with Crippen LogP contribution >= 0.6 is 0 Å². The SMILES string of the molecule is Cc1cccc(C)c1OCC(C)NC(=O)[C@H](CCC=O)NC(=O)OC(C)(C)C. The van der Waals surface area contributed by atoms with Crippen molar-refractivity contribution in [2.45, 2.75) is 72.1 Å². The van der Waals surface area contributed by atoms with E-state index in [0.29, 0.717) is 6.29 Å². The highest BCUT2D eigenvalue weighted by Gasteiger charge is 2.25. The molecule has 2 atom stereocenters. The molecule has 7 heteroatoms. The number of aldehydes is 1. The lowest BCUT2D eigenvalue weighted by atomic mass is 10.1. The second-order valence-corrected chi connectivity index (χ2v) is 7.88. The standard InChI is InChI=1S/C21H32N2O5/c1-14-9-7-10-15(2)18(14)27-13-16(3)22-19(25)17(11-8-12-24)23-20(26)28-21(4,5)6/h7,9-10,12,16-17H,8,11,13H2,1-6H3,(H,22,25)(H,23,26)/t16?,17-/m0/s1. The molecule has 0 aliphatic rings. The van der Waals surface area contributed by atoms with Gasteiger partial charge in [-0.15, -0.1) is 0 Å². The number of aryl methyl sites for hydroxylation is 2. The van der Waals surface area contributed by atoms with Crippen LogP contribution in [0.4, 0.5) is 4.79 Å². The average molecular weight is 392 g/mol. The minimum Gasteiger partial charge on any atom is -0.491 e. The Balaban J connectivity index is 2.65. The smallest absolute Gasteiger partial charge is 0.408 e. The Bertz CT molecular complexity index is 662. The van der Waals surface area contributed by atoms with E-state index in [1.807, 2.05) is 39.0 Å². The van der Waals surface area contributed by atoms with Gasteiger partial charge in [0.25, 0.3) is 0 Å². The highest BCUT2D eigenvalue weighted by atomic mass is 16.6. The predicted octanol–water partition coefficient (Wildman–Crippen LogP) is 3.06. The van der Waals surface area contributed by atoms with Gasteiger partial charge >= 0.3 is 6.09 Å². The molecule has 0 fully saturated rings. The molecule has 0 spiro atoms. The fourth-order valence-electron chi connectivity index (χ4n) is 2.57. The number of carbonyl (C=O) groups excluding carboxylic acids is 3. The van der Waals surface area contributed by atoms with Gasteiger partial charge in [0.05, 0.1) is 6.04 Å². The number of amides is 2. The quantitative estimate of drug-likeness (QED) is 0.630. The lowest BCUT2D eigenvalue weighted by Crippen LogP contribution is -2.51. The average Bonchev–Trinajstić information content (AvgIpc) is 2.56. The predicted molar refractivity (Wildman–Crippen MR) is 107 cm³/mol. The fraction of sp³-hybridized carbons (Fsp3) is 0.571.